The van der Waals surface area contributed by atoms with E-state index in [1.807, 2.05) is 60.7 Å². The number of hydrogen-bond donors (Lipinski definition) is 1. The molecule has 7 heteroatoms. The fraction of sp³-hybridized carbons (Fsp3) is 0.333. The monoisotopic (exact) mass is 420 g/mol. The maximum absolute atomic E-state index is 13.4. The van der Waals surface area contributed by atoms with Crippen LogP contribution in [0.25, 0.3) is 0 Å². The highest BCUT2D eigenvalue weighted by Gasteiger charge is 2.67. The van der Waals surface area contributed by atoms with Crippen LogP contribution in [0.4, 0.5) is 5.69 Å². The summed E-state index contributed by atoms with van der Waals surface area (Å²) in [6, 6.07) is 14.9. The Morgan fingerprint density at radius 3 is 2.68 bits per heavy atom. The number of anilines is 1. The Bertz CT molecular complexity index is 1070. The molecule has 5 rings (SSSR count). The Morgan fingerprint density at radius 2 is 1.90 bits per heavy atom. The van der Waals surface area contributed by atoms with Crippen molar-refractivity contribution < 1.29 is 23.8 Å². The molecule has 2 fully saturated rings. The first kappa shape index (κ1) is 19.6. The minimum absolute atomic E-state index is 0.0957. The van der Waals surface area contributed by atoms with Crippen molar-refractivity contribution in [2.24, 2.45) is 11.8 Å². The van der Waals surface area contributed by atoms with E-state index in [0.29, 0.717) is 18.8 Å². The molecule has 0 aromatic heterocycles. The summed E-state index contributed by atoms with van der Waals surface area (Å²) in [6.45, 7) is 0.743. The summed E-state index contributed by atoms with van der Waals surface area (Å²) in [4.78, 5) is 28.3. The predicted molar refractivity (Wildman–Crippen MR) is 114 cm³/mol. The van der Waals surface area contributed by atoms with Crippen LogP contribution in [-0.2, 0) is 20.9 Å². The van der Waals surface area contributed by atoms with Crippen LogP contribution < -0.4 is 19.7 Å². The van der Waals surface area contributed by atoms with Gasteiger partial charge in [0.05, 0.1) is 38.7 Å². The van der Waals surface area contributed by atoms with E-state index >= 15 is 0 Å². The molecule has 2 aromatic carbocycles. The molecule has 160 valence electrons. The standard InChI is InChI=1S/C24H24N2O5/c1-29-17-7-3-5-15(11-17)13-25-22(27)20-19-9-10-24(31-19)14-26(23(28)21(20)24)16-6-4-8-18(12-16)30-2/h3-12,19-21H,13-14H2,1-2H3,(H,25,27)/t19-,20-,21-,24-/m1/s1. The minimum Gasteiger partial charge on any atom is -0.497 e. The highest BCUT2D eigenvalue weighted by molar-refractivity contribution is 6.03. The van der Waals surface area contributed by atoms with E-state index in [1.165, 1.54) is 0 Å². The largest absolute Gasteiger partial charge is 0.497 e. The van der Waals surface area contributed by atoms with Gasteiger partial charge >= 0.3 is 0 Å². The van der Waals surface area contributed by atoms with Crippen LogP contribution in [0.2, 0.25) is 0 Å². The van der Waals surface area contributed by atoms with Gasteiger partial charge in [-0.2, -0.15) is 0 Å². The van der Waals surface area contributed by atoms with Gasteiger partial charge in [-0.1, -0.05) is 30.4 Å². The molecule has 31 heavy (non-hydrogen) atoms. The topological polar surface area (TPSA) is 77.1 Å². The van der Waals surface area contributed by atoms with Crippen molar-refractivity contribution in [1.82, 2.24) is 5.32 Å². The number of methoxy groups -OCH3 is 2. The molecule has 0 unspecified atom stereocenters. The number of amides is 2. The average Bonchev–Trinajstić information content (AvgIpc) is 3.46. The normalized spacial score (nSPS) is 28.0. The van der Waals surface area contributed by atoms with Gasteiger partial charge in [0.25, 0.3) is 0 Å². The summed E-state index contributed by atoms with van der Waals surface area (Å²) in [5, 5.41) is 2.98. The average molecular weight is 420 g/mol. The van der Waals surface area contributed by atoms with Crippen LogP contribution in [0.5, 0.6) is 11.5 Å². The lowest BCUT2D eigenvalue weighted by molar-refractivity contribution is -0.132. The molecule has 1 spiro atoms. The number of rotatable bonds is 6. The lowest BCUT2D eigenvalue weighted by Gasteiger charge is -2.23. The third-order valence-electron chi connectivity index (χ3n) is 6.37. The molecule has 7 nitrogen and oxygen atoms in total. The predicted octanol–water partition coefficient (Wildman–Crippen LogP) is 2.31. The highest BCUT2D eigenvalue weighted by Crippen LogP contribution is 2.52. The summed E-state index contributed by atoms with van der Waals surface area (Å²) >= 11 is 0. The fourth-order valence-corrected chi connectivity index (χ4v) is 4.88. The zero-order valence-corrected chi connectivity index (χ0v) is 17.4. The van der Waals surface area contributed by atoms with Crippen molar-refractivity contribution in [1.29, 1.82) is 0 Å². The van der Waals surface area contributed by atoms with Gasteiger partial charge in [0.15, 0.2) is 0 Å². The van der Waals surface area contributed by atoms with Crippen molar-refractivity contribution in [2.45, 2.75) is 18.2 Å². The van der Waals surface area contributed by atoms with Crippen LogP contribution in [0.3, 0.4) is 0 Å². The van der Waals surface area contributed by atoms with Crippen molar-refractivity contribution in [3.8, 4) is 11.5 Å². The lowest BCUT2D eigenvalue weighted by atomic mass is 9.77. The molecule has 0 radical (unpaired) electrons. The summed E-state index contributed by atoms with van der Waals surface area (Å²) in [5.74, 6) is 0.0363. The van der Waals surface area contributed by atoms with Gasteiger partial charge in [-0.15, -0.1) is 0 Å². The van der Waals surface area contributed by atoms with E-state index in [9.17, 15) is 9.59 Å². The summed E-state index contributed by atoms with van der Waals surface area (Å²) in [5.41, 5.74) is 0.907. The van der Waals surface area contributed by atoms with Crippen LogP contribution in [-0.4, -0.2) is 44.3 Å². The Balaban J connectivity index is 1.36. The van der Waals surface area contributed by atoms with Gasteiger partial charge in [-0.25, -0.2) is 0 Å². The second-order valence-electron chi connectivity index (χ2n) is 8.10. The quantitative estimate of drug-likeness (QED) is 0.726. The Labute approximate surface area is 180 Å². The SMILES string of the molecule is COc1cccc(CNC(=O)[C@@H]2[C@H]3C=C[C@]4(CN(c5cccc(OC)c5)C(=O)[C@@H]24)O3)c1. The number of carbonyl (C=O) groups is 2. The number of nitrogens with zero attached hydrogens (tertiary/aromatic N) is 1. The number of benzene rings is 2. The van der Waals surface area contributed by atoms with Gasteiger partial charge in [-0.05, 0) is 29.8 Å². The van der Waals surface area contributed by atoms with Gasteiger partial charge in [-0.3, -0.25) is 9.59 Å². The van der Waals surface area contributed by atoms with Crippen molar-refractivity contribution >= 4 is 17.5 Å². The first-order valence-electron chi connectivity index (χ1n) is 10.3. The van der Waals surface area contributed by atoms with E-state index in [2.05, 4.69) is 5.32 Å². The van der Waals surface area contributed by atoms with E-state index in [-0.39, 0.29) is 17.9 Å². The second-order valence-corrected chi connectivity index (χ2v) is 8.10. The molecular formula is C24H24N2O5. The number of fused-ring (bicyclic) bond motifs is 1. The van der Waals surface area contributed by atoms with Gasteiger partial charge in [0.2, 0.25) is 11.8 Å². The van der Waals surface area contributed by atoms with Crippen molar-refractivity contribution in [3.05, 3.63) is 66.2 Å². The number of hydrogen-bond acceptors (Lipinski definition) is 5. The number of nitrogens with one attached hydrogen (secondary N) is 1. The molecule has 0 aliphatic carbocycles. The zero-order valence-electron chi connectivity index (χ0n) is 17.4. The molecule has 1 N–H and O–H groups in total. The molecule has 3 heterocycles. The van der Waals surface area contributed by atoms with Crippen molar-refractivity contribution in [3.63, 3.8) is 0 Å². The minimum atomic E-state index is -0.761. The third-order valence-corrected chi connectivity index (χ3v) is 6.37. The molecule has 2 bridgehead atoms. The number of carbonyl (C=O) groups excluding carboxylic acids is 2. The van der Waals surface area contributed by atoms with E-state index in [1.54, 1.807) is 19.1 Å². The Kier molecular flexibility index (Phi) is 4.70. The van der Waals surface area contributed by atoms with E-state index in [4.69, 9.17) is 14.2 Å². The molecular weight excluding hydrogens is 396 g/mol. The fourth-order valence-electron chi connectivity index (χ4n) is 4.88. The lowest BCUT2D eigenvalue weighted by Crippen LogP contribution is -2.43. The van der Waals surface area contributed by atoms with Crippen LogP contribution >= 0.6 is 0 Å². The molecule has 3 aliphatic rings. The van der Waals surface area contributed by atoms with Gasteiger partial charge < -0.3 is 24.4 Å². The number of ether oxygens (including phenoxy) is 3. The van der Waals surface area contributed by atoms with Gasteiger partial charge in [0.1, 0.15) is 17.1 Å². The second kappa shape index (κ2) is 7.42. The van der Waals surface area contributed by atoms with E-state index < -0.39 is 17.4 Å². The van der Waals surface area contributed by atoms with Crippen LogP contribution in [0.1, 0.15) is 5.56 Å². The molecule has 2 amide bonds. The Morgan fingerprint density at radius 1 is 1.16 bits per heavy atom. The third kappa shape index (κ3) is 3.16. The maximum Gasteiger partial charge on any atom is 0.234 e. The first-order valence-corrected chi connectivity index (χ1v) is 10.3. The van der Waals surface area contributed by atoms with E-state index in [0.717, 1.165) is 17.0 Å². The summed E-state index contributed by atoms with van der Waals surface area (Å²) < 4.78 is 16.7. The molecule has 2 aromatic rings. The summed E-state index contributed by atoms with van der Waals surface area (Å²) in [6.07, 6.45) is 3.48. The smallest absolute Gasteiger partial charge is 0.234 e. The zero-order chi connectivity index (χ0) is 21.6. The van der Waals surface area contributed by atoms with Crippen LogP contribution in [0.15, 0.2) is 60.7 Å². The molecule has 0 saturated carbocycles. The first-order chi connectivity index (χ1) is 15.0. The summed E-state index contributed by atoms with van der Waals surface area (Å²) in [7, 11) is 3.20. The van der Waals surface area contributed by atoms with Crippen molar-refractivity contribution in [2.75, 3.05) is 25.7 Å². The van der Waals surface area contributed by atoms with Gasteiger partial charge in [0, 0.05) is 18.3 Å². The van der Waals surface area contributed by atoms with Crippen LogP contribution in [0, 0.1) is 11.8 Å². The highest BCUT2D eigenvalue weighted by atomic mass is 16.5. The Hall–Kier alpha value is -3.32. The maximum atomic E-state index is 13.4. The molecule has 3 aliphatic heterocycles. The molecule has 4 atom stereocenters. The molecule has 2 saturated heterocycles.